The smallest absolute Gasteiger partial charge is 0.124 e. The summed E-state index contributed by atoms with van der Waals surface area (Å²) in [5, 5.41) is 3.78. The fraction of sp³-hybridized carbons (Fsp3) is 0.667. The highest BCUT2D eigenvalue weighted by Crippen LogP contribution is 2.37. The SMILES string of the molecule is COc1c(C)cc(C2CNC(C3CCCC3)C2)cc1C. The van der Waals surface area contributed by atoms with Crippen LogP contribution in [0, 0.1) is 19.8 Å². The van der Waals surface area contributed by atoms with Crippen LogP contribution >= 0.6 is 0 Å². The number of hydrogen-bond donors (Lipinski definition) is 1. The van der Waals surface area contributed by atoms with E-state index in [9.17, 15) is 0 Å². The highest BCUT2D eigenvalue weighted by atomic mass is 16.5. The van der Waals surface area contributed by atoms with Crippen LogP contribution in [0.1, 0.15) is 54.7 Å². The first-order chi connectivity index (χ1) is 9.69. The van der Waals surface area contributed by atoms with Crippen molar-refractivity contribution in [2.75, 3.05) is 13.7 Å². The Morgan fingerprint density at radius 3 is 2.35 bits per heavy atom. The summed E-state index contributed by atoms with van der Waals surface area (Å²) in [6, 6.07) is 5.41. The summed E-state index contributed by atoms with van der Waals surface area (Å²) in [4.78, 5) is 0. The third-order valence-electron chi connectivity index (χ3n) is 5.29. The van der Waals surface area contributed by atoms with Gasteiger partial charge in [-0.25, -0.2) is 0 Å². The van der Waals surface area contributed by atoms with Gasteiger partial charge in [0.1, 0.15) is 5.75 Å². The molecule has 1 saturated heterocycles. The molecule has 0 radical (unpaired) electrons. The van der Waals surface area contributed by atoms with Crippen molar-refractivity contribution in [3.8, 4) is 5.75 Å². The Kier molecular flexibility index (Phi) is 4.02. The predicted molar refractivity (Wildman–Crippen MR) is 83.6 cm³/mol. The summed E-state index contributed by atoms with van der Waals surface area (Å²) in [5.74, 6) is 2.66. The molecule has 2 aliphatic rings. The normalized spacial score (nSPS) is 27.1. The molecule has 20 heavy (non-hydrogen) atoms. The molecule has 0 amide bonds. The zero-order chi connectivity index (χ0) is 14.1. The lowest BCUT2D eigenvalue weighted by Crippen LogP contribution is -2.28. The van der Waals surface area contributed by atoms with Crippen molar-refractivity contribution in [1.29, 1.82) is 0 Å². The second kappa shape index (κ2) is 5.77. The quantitative estimate of drug-likeness (QED) is 0.900. The zero-order valence-corrected chi connectivity index (χ0v) is 13.0. The van der Waals surface area contributed by atoms with Crippen molar-refractivity contribution in [3.05, 3.63) is 28.8 Å². The van der Waals surface area contributed by atoms with Gasteiger partial charge in [-0.05, 0) is 61.6 Å². The number of benzene rings is 1. The van der Waals surface area contributed by atoms with Crippen molar-refractivity contribution in [1.82, 2.24) is 5.32 Å². The fourth-order valence-electron chi connectivity index (χ4n) is 4.28. The Bertz CT molecular complexity index is 453. The van der Waals surface area contributed by atoms with E-state index in [1.807, 2.05) is 0 Å². The molecular weight excluding hydrogens is 246 g/mol. The average molecular weight is 273 g/mol. The summed E-state index contributed by atoms with van der Waals surface area (Å²) in [6.45, 7) is 5.46. The molecule has 1 N–H and O–H groups in total. The van der Waals surface area contributed by atoms with E-state index in [1.165, 1.54) is 48.8 Å². The van der Waals surface area contributed by atoms with Gasteiger partial charge in [0.15, 0.2) is 0 Å². The first-order valence-corrected chi connectivity index (χ1v) is 8.07. The minimum absolute atomic E-state index is 0.684. The van der Waals surface area contributed by atoms with Crippen LogP contribution in [-0.2, 0) is 0 Å². The molecule has 1 aliphatic heterocycles. The summed E-state index contributed by atoms with van der Waals surface area (Å²) >= 11 is 0. The Morgan fingerprint density at radius 1 is 1.10 bits per heavy atom. The van der Waals surface area contributed by atoms with Crippen LogP contribution in [0.3, 0.4) is 0 Å². The second-order valence-corrected chi connectivity index (χ2v) is 6.68. The van der Waals surface area contributed by atoms with E-state index in [0.717, 1.165) is 24.3 Å². The number of aryl methyl sites for hydroxylation is 2. The molecule has 2 heteroatoms. The molecule has 1 saturated carbocycles. The number of rotatable bonds is 3. The number of hydrogen-bond acceptors (Lipinski definition) is 2. The molecule has 1 aromatic rings. The van der Waals surface area contributed by atoms with Gasteiger partial charge < -0.3 is 10.1 Å². The van der Waals surface area contributed by atoms with Gasteiger partial charge in [0.25, 0.3) is 0 Å². The standard InChI is InChI=1S/C18H27NO/c1-12-8-15(9-13(2)18(12)20-3)16-10-17(19-11-16)14-6-4-5-7-14/h8-9,14,16-17,19H,4-7,10-11H2,1-3H3. The zero-order valence-electron chi connectivity index (χ0n) is 13.0. The molecule has 0 spiro atoms. The maximum atomic E-state index is 5.48. The van der Waals surface area contributed by atoms with E-state index >= 15 is 0 Å². The third kappa shape index (κ3) is 2.58. The topological polar surface area (TPSA) is 21.3 Å². The van der Waals surface area contributed by atoms with E-state index in [0.29, 0.717) is 5.92 Å². The van der Waals surface area contributed by atoms with E-state index in [2.05, 4.69) is 31.3 Å². The van der Waals surface area contributed by atoms with Gasteiger partial charge in [0.05, 0.1) is 7.11 Å². The van der Waals surface area contributed by atoms with Crippen molar-refractivity contribution in [2.24, 2.45) is 5.92 Å². The first kappa shape index (κ1) is 13.9. The number of nitrogens with one attached hydrogen (secondary N) is 1. The lowest BCUT2D eigenvalue weighted by atomic mass is 9.89. The van der Waals surface area contributed by atoms with Crippen LogP contribution in [0.5, 0.6) is 5.75 Å². The van der Waals surface area contributed by atoms with Crippen molar-refractivity contribution >= 4 is 0 Å². The van der Waals surface area contributed by atoms with Crippen LogP contribution in [-0.4, -0.2) is 19.7 Å². The van der Waals surface area contributed by atoms with Crippen LogP contribution in [0.15, 0.2) is 12.1 Å². The first-order valence-electron chi connectivity index (χ1n) is 8.07. The molecular formula is C18H27NO. The molecule has 2 fully saturated rings. The van der Waals surface area contributed by atoms with E-state index in [1.54, 1.807) is 7.11 Å². The Morgan fingerprint density at radius 2 is 1.75 bits per heavy atom. The van der Waals surface area contributed by atoms with Gasteiger partial charge >= 0.3 is 0 Å². The fourth-order valence-corrected chi connectivity index (χ4v) is 4.28. The Labute approximate surface area is 122 Å². The number of ether oxygens (including phenoxy) is 1. The van der Waals surface area contributed by atoms with Crippen LogP contribution in [0.4, 0.5) is 0 Å². The van der Waals surface area contributed by atoms with Crippen molar-refractivity contribution in [2.45, 2.75) is 57.9 Å². The maximum Gasteiger partial charge on any atom is 0.124 e. The maximum absolute atomic E-state index is 5.48. The highest BCUT2D eigenvalue weighted by molar-refractivity contribution is 5.44. The van der Waals surface area contributed by atoms with Gasteiger partial charge in [-0.3, -0.25) is 0 Å². The highest BCUT2D eigenvalue weighted by Gasteiger charge is 2.32. The van der Waals surface area contributed by atoms with E-state index in [-0.39, 0.29) is 0 Å². The average Bonchev–Trinajstić information content (AvgIpc) is 3.09. The lowest BCUT2D eigenvalue weighted by molar-refractivity contribution is 0.396. The van der Waals surface area contributed by atoms with Gasteiger partial charge in [0, 0.05) is 12.6 Å². The molecule has 0 bridgehead atoms. The molecule has 2 nitrogen and oxygen atoms in total. The van der Waals surface area contributed by atoms with Crippen molar-refractivity contribution < 1.29 is 4.74 Å². The van der Waals surface area contributed by atoms with E-state index in [4.69, 9.17) is 4.74 Å². The minimum Gasteiger partial charge on any atom is -0.496 e. The van der Waals surface area contributed by atoms with Crippen LogP contribution < -0.4 is 10.1 Å². The second-order valence-electron chi connectivity index (χ2n) is 6.68. The Hall–Kier alpha value is -1.02. The Balaban J connectivity index is 1.74. The molecule has 1 aliphatic carbocycles. The van der Waals surface area contributed by atoms with Crippen LogP contribution in [0.25, 0.3) is 0 Å². The minimum atomic E-state index is 0.684. The van der Waals surface area contributed by atoms with Crippen LogP contribution in [0.2, 0.25) is 0 Å². The summed E-state index contributed by atoms with van der Waals surface area (Å²) in [6.07, 6.45) is 7.06. The van der Waals surface area contributed by atoms with Crippen molar-refractivity contribution in [3.63, 3.8) is 0 Å². The summed E-state index contributed by atoms with van der Waals surface area (Å²) in [7, 11) is 1.77. The molecule has 1 heterocycles. The number of methoxy groups -OCH3 is 1. The largest absolute Gasteiger partial charge is 0.496 e. The monoisotopic (exact) mass is 273 g/mol. The molecule has 3 rings (SSSR count). The predicted octanol–water partition coefficient (Wildman–Crippen LogP) is 3.95. The molecule has 2 unspecified atom stereocenters. The molecule has 110 valence electrons. The van der Waals surface area contributed by atoms with Gasteiger partial charge in [-0.2, -0.15) is 0 Å². The van der Waals surface area contributed by atoms with E-state index < -0.39 is 0 Å². The lowest BCUT2D eigenvalue weighted by Gasteiger charge is -2.18. The molecule has 0 aromatic heterocycles. The third-order valence-corrected chi connectivity index (χ3v) is 5.29. The van der Waals surface area contributed by atoms with Gasteiger partial charge in [0.2, 0.25) is 0 Å². The molecule has 1 aromatic carbocycles. The summed E-state index contributed by atoms with van der Waals surface area (Å²) in [5.41, 5.74) is 4.03. The summed E-state index contributed by atoms with van der Waals surface area (Å²) < 4.78 is 5.48. The molecule has 2 atom stereocenters. The van der Waals surface area contributed by atoms with Gasteiger partial charge in [-0.15, -0.1) is 0 Å². The van der Waals surface area contributed by atoms with Gasteiger partial charge in [-0.1, -0.05) is 25.0 Å².